The summed E-state index contributed by atoms with van der Waals surface area (Å²) in [6, 6.07) is 11.7. The molecule has 0 bridgehead atoms. The number of hydrogen-bond acceptors (Lipinski definition) is 7. The summed E-state index contributed by atoms with van der Waals surface area (Å²) in [5, 5.41) is 0.206. The number of rotatable bonds is 7. The summed E-state index contributed by atoms with van der Waals surface area (Å²) in [7, 11) is -4.47. The van der Waals surface area contributed by atoms with Gasteiger partial charge in [-0.2, -0.15) is 0 Å². The molecule has 0 saturated heterocycles. The Hall–Kier alpha value is -5.63. The molecule has 2 N–H and O–H groups in total. The van der Waals surface area contributed by atoms with Crippen LogP contribution in [0.5, 0.6) is 0 Å². The Morgan fingerprint density at radius 2 is 1.74 bits per heavy atom. The molecule has 0 aliphatic rings. The normalized spacial score (nSPS) is 11.5. The number of hydrogen-bond donors (Lipinski definition) is 2. The highest BCUT2D eigenvalue weighted by Crippen LogP contribution is 2.30. The fraction of sp³-hybridized carbons (Fsp3) is 0. The molecule has 0 saturated carbocycles. The van der Waals surface area contributed by atoms with E-state index >= 15 is 4.39 Å². The van der Waals surface area contributed by atoms with Gasteiger partial charge in [0.15, 0.2) is 11.6 Å². The molecule has 6 aromatic rings. The van der Waals surface area contributed by atoms with Crippen LogP contribution in [0.3, 0.4) is 0 Å². The number of fused-ring (bicyclic) bond motifs is 1. The Kier molecular flexibility index (Phi) is 6.82. The lowest BCUT2D eigenvalue weighted by atomic mass is 10.0. The van der Waals surface area contributed by atoms with E-state index in [1.807, 2.05) is 4.72 Å². The number of nitrogens with one attached hydrogen (secondary N) is 2. The van der Waals surface area contributed by atoms with Crippen molar-refractivity contribution in [3.8, 4) is 17.1 Å². The van der Waals surface area contributed by atoms with Crippen molar-refractivity contribution in [2.45, 2.75) is 4.90 Å². The highest BCUT2D eigenvalue weighted by molar-refractivity contribution is 7.92. The zero-order valence-corrected chi connectivity index (χ0v) is 22.4. The van der Waals surface area contributed by atoms with Crippen molar-refractivity contribution >= 4 is 32.5 Å². The number of sulfonamides is 1. The predicted molar refractivity (Wildman–Crippen MR) is 150 cm³/mol. The Morgan fingerprint density at radius 3 is 2.49 bits per heavy atom. The van der Waals surface area contributed by atoms with E-state index in [9.17, 15) is 26.8 Å². The first-order valence-electron chi connectivity index (χ1n) is 12.4. The maximum atomic E-state index is 15.5. The maximum absolute atomic E-state index is 15.5. The van der Waals surface area contributed by atoms with Crippen molar-refractivity contribution in [1.29, 1.82) is 0 Å². The molecule has 0 fully saturated rings. The Labute approximate surface area is 240 Å². The first-order chi connectivity index (χ1) is 20.6. The van der Waals surface area contributed by atoms with Gasteiger partial charge in [0, 0.05) is 41.2 Å². The van der Waals surface area contributed by atoms with Gasteiger partial charge >= 0.3 is 0 Å². The van der Waals surface area contributed by atoms with Gasteiger partial charge in [-0.15, -0.1) is 0 Å². The van der Waals surface area contributed by atoms with Crippen LogP contribution in [-0.4, -0.2) is 38.7 Å². The molecule has 214 valence electrons. The number of anilines is 1. The van der Waals surface area contributed by atoms with E-state index < -0.39 is 49.4 Å². The number of carbonyl (C=O) groups is 1. The van der Waals surface area contributed by atoms with Gasteiger partial charge in [0.05, 0.1) is 34.2 Å². The van der Waals surface area contributed by atoms with E-state index in [1.165, 1.54) is 47.7 Å². The van der Waals surface area contributed by atoms with Gasteiger partial charge in [-0.1, -0.05) is 12.1 Å². The summed E-state index contributed by atoms with van der Waals surface area (Å²) in [6.45, 7) is 0. The third-order valence-electron chi connectivity index (χ3n) is 6.45. The molecular weight excluding hydrogens is 585 g/mol. The molecule has 0 unspecified atom stereocenters. The minimum Gasteiger partial charge on any atom is -0.345 e. The van der Waals surface area contributed by atoms with Gasteiger partial charge in [-0.3, -0.25) is 23.9 Å². The van der Waals surface area contributed by atoms with Crippen LogP contribution in [0.1, 0.15) is 15.9 Å². The smallest absolute Gasteiger partial charge is 0.262 e. The SMILES string of the molecule is O=C(c1c(F)ccc(NS(=O)(=O)c2cccc(F)c2)c1F)c1c[nH]c2ncc(-c3cnc(-n4ccccc4=O)cn3)cc12. The number of aromatic amines is 1. The van der Waals surface area contributed by atoms with Crippen molar-refractivity contribution in [2.24, 2.45) is 0 Å². The van der Waals surface area contributed by atoms with Crippen molar-refractivity contribution < 1.29 is 26.4 Å². The summed E-state index contributed by atoms with van der Waals surface area (Å²) < 4.78 is 72.6. The average Bonchev–Trinajstić information content (AvgIpc) is 3.42. The van der Waals surface area contributed by atoms with Crippen LogP contribution in [0.2, 0.25) is 0 Å². The molecule has 0 spiro atoms. The molecule has 0 aliphatic heterocycles. The zero-order valence-electron chi connectivity index (χ0n) is 21.6. The molecule has 0 atom stereocenters. The highest BCUT2D eigenvalue weighted by atomic mass is 32.2. The van der Waals surface area contributed by atoms with Crippen LogP contribution in [0.15, 0.2) is 101 Å². The minimum absolute atomic E-state index is 0.146. The fourth-order valence-electron chi connectivity index (χ4n) is 4.35. The van der Waals surface area contributed by atoms with Crippen LogP contribution < -0.4 is 10.3 Å². The second-order valence-corrected chi connectivity index (χ2v) is 10.8. The van der Waals surface area contributed by atoms with Crippen LogP contribution in [-0.2, 0) is 10.0 Å². The number of ketones is 1. The Morgan fingerprint density at radius 1 is 0.907 bits per heavy atom. The quantitative estimate of drug-likeness (QED) is 0.254. The maximum Gasteiger partial charge on any atom is 0.262 e. The van der Waals surface area contributed by atoms with E-state index in [4.69, 9.17) is 0 Å². The van der Waals surface area contributed by atoms with E-state index in [0.29, 0.717) is 11.3 Å². The number of carbonyl (C=O) groups excluding carboxylic acids is 1. The first-order valence-corrected chi connectivity index (χ1v) is 13.9. The predicted octanol–water partition coefficient (Wildman–Crippen LogP) is 4.62. The number of halogens is 3. The van der Waals surface area contributed by atoms with Crippen LogP contribution >= 0.6 is 0 Å². The molecule has 0 aliphatic carbocycles. The molecule has 4 heterocycles. The lowest BCUT2D eigenvalue weighted by Crippen LogP contribution is -2.16. The second-order valence-electron chi connectivity index (χ2n) is 9.17. The Balaban J connectivity index is 1.35. The summed E-state index contributed by atoms with van der Waals surface area (Å²) in [6.07, 6.45) is 7.00. The largest absolute Gasteiger partial charge is 0.345 e. The van der Waals surface area contributed by atoms with Crippen LogP contribution in [0, 0.1) is 17.5 Å². The summed E-state index contributed by atoms with van der Waals surface area (Å²) in [4.78, 5) is 40.7. The van der Waals surface area contributed by atoms with Gasteiger partial charge in [0.25, 0.3) is 15.6 Å². The average molecular weight is 603 g/mol. The number of benzene rings is 2. The van der Waals surface area contributed by atoms with Crippen molar-refractivity contribution in [1.82, 2.24) is 24.5 Å². The highest BCUT2D eigenvalue weighted by Gasteiger charge is 2.27. The van der Waals surface area contributed by atoms with Gasteiger partial charge in [-0.05, 0) is 42.5 Å². The third kappa shape index (κ3) is 5.15. The molecular formula is C29H17F3N6O4S. The van der Waals surface area contributed by atoms with Crippen molar-refractivity contribution in [3.05, 3.63) is 131 Å². The lowest BCUT2D eigenvalue weighted by Gasteiger charge is -2.12. The fourth-order valence-corrected chi connectivity index (χ4v) is 5.45. The Bertz CT molecular complexity index is 2220. The van der Waals surface area contributed by atoms with E-state index in [2.05, 4.69) is 19.9 Å². The van der Waals surface area contributed by atoms with E-state index in [1.54, 1.807) is 12.1 Å². The van der Waals surface area contributed by atoms with Crippen molar-refractivity contribution in [3.63, 3.8) is 0 Å². The summed E-state index contributed by atoms with van der Waals surface area (Å²) >= 11 is 0. The van der Waals surface area contributed by atoms with E-state index in [-0.39, 0.29) is 28.0 Å². The molecule has 6 rings (SSSR count). The van der Waals surface area contributed by atoms with Gasteiger partial charge in [-0.25, -0.2) is 31.6 Å². The molecule has 0 radical (unpaired) electrons. The topological polar surface area (TPSA) is 140 Å². The summed E-state index contributed by atoms with van der Waals surface area (Å²) in [5.41, 5.74) is -1.17. The van der Waals surface area contributed by atoms with Crippen LogP contribution in [0.25, 0.3) is 28.1 Å². The first kappa shape index (κ1) is 27.5. The monoisotopic (exact) mass is 602 g/mol. The number of nitrogens with zero attached hydrogens (tertiary/aromatic N) is 4. The molecule has 4 aromatic heterocycles. The number of aromatic nitrogens is 5. The van der Waals surface area contributed by atoms with Crippen LogP contribution in [0.4, 0.5) is 18.9 Å². The molecule has 43 heavy (non-hydrogen) atoms. The molecule has 10 nitrogen and oxygen atoms in total. The lowest BCUT2D eigenvalue weighted by molar-refractivity contribution is 0.103. The minimum atomic E-state index is -4.47. The number of pyridine rings is 2. The molecule has 2 aromatic carbocycles. The third-order valence-corrected chi connectivity index (χ3v) is 7.81. The molecule has 0 amide bonds. The van der Waals surface area contributed by atoms with Gasteiger partial charge in [0.1, 0.15) is 17.3 Å². The standard InChI is InChI=1S/C29H17F3N6O4S/c30-17-4-3-5-18(11-17)43(41,42)37-22-8-7-21(31)26(27(22)32)28(40)20-13-36-29-19(20)10-16(12-35-29)23-14-34-24(15-33-23)38-9-2-1-6-25(38)39/h1-15,37H,(H,35,36). The van der Waals surface area contributed by atoms with Gasteiger partial charge < -0.3 is 4.98 Å². The van der Waals surface area contributed by atoms with E-state index in [0.717, 1.165) is 36.4 Å². The van der Waals surface area contributed by atoms with Gasteiger partial charge in [0.2, 0.25) is 5.78 Å². The molecule has 14 heteroatoms. The van der Waals surface area contributed by atoms with Crippen molar-refractivity contribution in [2.75, 3.05) is 4.72 Å². The number of H-pyrrole nitrogens is 1. The second kappa shape index (κ2) is 10.6. The zero-order chi connectivity index (χ0) is 30.3. The summed E-state index contributed by atoms with van der Waals surface area (Å²) in [5.74, 6) is -4.33.